The summed E-state index contributed by atoms with van der Waals surface area (Å²) in [5.41, 5.74) is -1.64. The molecule has 3 N–H and O–H groups in total. The number of esters is 3. The van der Waals surface area contributed by atoms with Gasteiger partial charge in [-0.1, -0.05) is 20.1 Å². The van der Waals surface area contributed by atoms with Gasteiger partial charge in [0.15, 0.2) is 0 Å². The fourth-order valence-corrected chi connectivity index (χ4v) is 1.88. The monoisotopic (exact) mass is 444 g/mol. The molecule has 0 aliphatic carbocycles. The molecule has 0 aromatic heterocycles. The molecule has 31 heavy (non-hydrogen) atoms. The number of ether oxygens (including phenoxy) is 4. The molecule has 0 fully saturated rings. The van der Waals surface area contributed by atoms with E-state index in [0.29, 0.717) is 0 Å². The van der Waals surface area contributed by atoms with E-state index in [0.717, 1.165) is 12.2 Å². The van der Waals surface area contributed by atoms with Gasteiger partial charge in [0.1, 0.15) is 31.8 Å². The number of amides is 1. The lowest BCUT2D eigenvalue weighted by molar-refractivity contribution is -0.162. The maximum atomic E-state index is 11.8. The van der Waals surface area contributed by atoms with Gasteiger partial charge in [-0.3, -0.25) is 9.59 Å². The molecule has 0 rings (SSSR count). The molecule has 0 saturated heterocycles. The van der Waals surface area contributed by atoms with Gasteiger partial charge in [-0.05, 0) is 6.42 Å². The average Bonchev–Trinajstić information content (AvgIpc) is 2.76. The van der Waals surface area contributed by atoms with Crippen LogP contribution in [0.15, 0.2) is 25.3 Å². The van der Waals surface area contributed by atoms with Gasteiger partial charge in [-0.15, -0.1) is 0 Å². The van der Waals surface area contributed by atoms with Crippen molar-refractivity contribution in [1.29, 1.82) is 0 Å². The summed E-state index contributed by atoms with van der Waals surface area (Å²) in [7, 11) is 0. The smallest absolute Gasteiger partial charge is 0.407 e. The van der Waals surface area contributed by atoms with E-state index in [4.69, 9.17) is 14.2 Å². The topological polar surface area (TPSA) is 167 Å². The van der Waals surface area contributed by atoms with E-state index in [2.05, 4.69) is 28.5 Å². The molecule has 12 nitrogen and oxygen atoms in total. The molecule has 1 unspecified atom stereocenters. The minimum atomic E-state index is -1.64. The number of hydrogen-bond acceptors (Lipinski definition) is 10. The minimum absolute atomic E-state index is 0.0158. The predicted octanol–water partition coefficient (Wildman–Crippen LogP) is -0.215. The van der Waals surface area contributed by atoms with Crippen molar-refractivity contribution in [1.82, 2.24) is 10.6 Å². The van der Waals surface area contributed by atoms with Gasteiger partial charge in [0, 0.05) is 18.7 Å². The van der Waals surface area contributed by atoms with Gasteiger partial charge < -0.3 is 34.7 Å². The quantitative estimate of drug-likeness (QED) is 0.125. The van der Waals surface area contributed by atoms with E-state index in [1.165, 1.54) is 0 Å². The zero-order chi connectivity index (χ0) is 23.7. The summed E-state index contributed by atoms with van der Waals surface area (Å²) in [5.74, 6) is -3.29. The van der Waals surface area contributed by atoms with Crippen LogP contribution in [0, 0.1) is 5.41 Å². The summed E-state index contributed by atoms with van der Waals surface area (Å²) in [6.45, 7) is 6.73. The third kappa shape index (κ3) is 12.0. The van der Waals surface area contributed by atoms with Crippen LogP contribution in [0.4, 0.5) is 4.79 Å². The number of alkyl carbamates (subject to hydrolysis) is 1. The van der Waals surface area contributed by atoms with Gasteiger partial charge in [-0.2, -0.15) is 0 Å². The van der Waals surface area contributed by atoms with Crippen LogP contribution in [-0.4, -0.2) is 81.1 Å². The van der Waals surface area contributed by atoms with Crippen LogP contribution < -0.4 is 10.6 Å². The number of carboxylic acids is 1. The van der Waals surface area contributed by atoms with Crippen LogP contribution in [0.1, 0.15) is 13.3 Å². The summed E-state index contributed by atoms with van der Waals surface area (Å²) >= 11 is 0. The fraction of sp³-hybridized carbons (Fsp3) is 0.526. The van der Waals surface area contributed by atoms with Gasteiger partial charge in [0.25, 0.3) is 0 Å². The highest BCUT2D eigenvalue weighted by molar-refractivity contribution is 5.81. The first-order chi connectivity index (χ1) is 14.7. The van der Waals surface area contributed by atoms with Crippen molar-refractivity contribution < 1.29 is 48.0 Å². The predicted molar refractivity (Wildman–Crippen MR) is 106 cm³/mol. The van der Waals surface area contributed by atoms with E-state index in [-0.39, 0.29) is 39.3 Å². The van der Waals surface area contributed by atoms with Crippen LogP contribution in [0.5, 0.6) is 0 Å². The molecule has 0 aromatic rings. The first kappa shape index (κ1) is 27.6. The van der Waals surface area contributed by atoms with E-state index in [9.17, 15) is 29.1 Å². The Morgan fingerprint density at radius 3 is 1.97 bits per heavy atom. The Labute approximate surface area is 179 Å². The van der Waals surface area contributed by atoms with E-state index in [1.807, 2.05) is 0 Å². The molecule has 0 heterocycles. The van der Waals surface area contributed by atoms with Crippen LogP contribution in [0.25, 0.3) is 0 Å². The zero-order valence-corrected chi connectivity index (χ0v) is 17.3. The lowest BCUT2D eigenvalue weighted by Crippen LogP contribution is -2.43. The molecule has 174 valence electrons. The highest BCUT2D eigenvalue weighted by atomic mass is 16.6. The van der Waals surface area contributed by atoms with Crippen LogP contribution in [0.3, 0.4) is 0 Å². The van der Waals surface area contributed by atoms with Crippen molar-refractivity contribution in [3.8, 4) is 0 Å². The molecule has 0 aliphatic rings. The van der Waals surface area contributed by atoms with Crippen molar-refractivity contribution in [2.24, 2.45) is 5.41 Å². The number of nitrogens with one attached hydrogen (secondary N) is 2. The summed E-state index contributed by atoms with van der Waals surface area (Å²) in [4.78, 5) is 56.9. The minimum Gasteiger partial charge on any atom is -0.481 e. The molecular formula is C19H28N2O10. The van der Waals surface area contributed by atoms with E-state index in [1.54, 1.807) is 6.92 Å². The summed E-state index contributed by atoms with van der Waals surface area (Å²) in [5, 5.41) is 14.5. The van der Waals surface area contributed by atoms with Gasteiger partial charge in [0.05, 0.1) is 13.1 Å². The molecular weight excluding hydrogens is 416 g/mol. The molecule has 12 heteroatoms. The lowest BCUT2D eigenvalue weighted by Gasteiger charge is -2.27. The molecule has 0 aliphatic heterocycles. The highest BCUT2D eigenvalue weighted by Crippen LogP contribution is 2.24. The Balaban J connectivity index is 4.39. The number of carboxylic acid groups (broad SMARTS) is 1. The first-order valence-electron chi connectivity index (χ1n) is 9.29. The van der Waals surface area contributed by atoms with Crippen LogP contribution in [0.2, 0.25) is 0 Å². The number of carbonyl (C=O) groups excluding carboxylic acids is 4. The second kappa shape index (κ2) is 15.4. The second-order valence-electron chi connectivity index (χ2n) is 6.02. The van der Waals surface area contributed by atoms with Crippen molar-refractivity contribution in [3.63, 3.8) is 0 Å². The van der Waals surface area contributed by atoms with Gasteiger partial charge in [0.2, 0.25) is 0 Å². The molecule has 0 bridgehead atoms. The third-order valence-electron chi connectivity index (χ3n) is 3.86. The van der Waals surface area contributed by atoms with Crippen LogP contribution >= 0.6 is 0 Å². The average molecular weight is 444 g/mol. The summed E-state index contributed by atoms with van der Waals surface area (Å²) < 4.78 is 19.3. The van der Waals surface area contributed by atoms with Crippen molar-refractivity contribution >= 4 is 30.0 Å². The molecule has 1 atom stereocenters. The number of aliphatic carboxylic acids is 1. The first-order valence-corrected chi connectivity index (χ1v) is 9.29. The Morgan fingerprint density at radius 1 is 0.903 bits per heavy atom. The lowest BCUT2D eigenvalue weighted by atomic mass is 9.87. The van der Waals surface area contributed by atoms with Crippen molar-refractivity contribution in [2.75, 3.05) is 46.1 Å². The Morgan fingerprint density at radius 2 is 1.45 bits per heavy atom. The molecule has 0 saturated carbocycles. The highest BCUT2D eigenvalue weighted by Gasteiger charge is 2.40. The molecule has 0 spiro atoms. The normalized spacial score (nSPS) is 11.9. The number of rotatable bonds is 16. The number of carbonyl (C=O) groups is 5. The molecule has 1 amide bonds. The third-order valence-corrected chi connectivity index (χ3v) is 3.86. The van der Waals surface area contributed by atoms with Crippen LogP contribution in [-0.2, 0) is 38.1 Å². The Bertz CT molecular complexity index is 664. The number of hydrogen-bond donors (Lipinski definition) is 3. The Hall–Kier alpha value is -3.41. The SMILES string of the molecule is C=CC(=O)OCCNCC(=O)OCC(CC)(COC(=O)NCCOC(=O)C=C)C(=O)O. The maximum Gasteiger partial charge on any atom is 0.407 e. The second-order valence-corrected chi connectivity index (χ2v) is 6.02. The van der Waals surface area contributed by atoms with Crippen molar-refractivity contribution in [2.45, 2.75) is 13.3 Å². The largest absolute Gasteiger partial charge is 0.481 e. The van der Waals surface area contributed by atoms with Crippen molar-refractivity contribution in [3.05, 3.63) is 25.3 Å². The van der Waals surface area contributed by atoms with Gasteiger partial charge >= 0.3 is 30.0 Å². The molecule has 0 aromatic carbocycles. The van der Waals surface area contributed by atoms with E-state index >= 15 is 0 Å². The maximum absolute atomic E-state index is 11.8. The fourth-order valence-electron chi connectivity index (χ4n) is 1.88. The Kier molecular flexibility index (Phi) is 13.7. The molecule has 0 radical (unpaired) electrons. The standard InChI is InChI=1S/C19H28N2O10/c1-4-14(22)28-9-7-20-11-16(24)30-12-19(6-3,17(25)26)13-31-18(27)21-8-10-29-15(23)5-2/h4-5,20H,1-2,6-13H2,3H3,(H,21,27)(H,25,26). The zero-order valence-electron chi connectivity index (χ0n) is 17.3. The van der Waals surface area contributed by atoms with E-state index < -0.39 is 48.6 Å². The summed E-state index contributed by atoms with van der Waals surface area (Å²) in [6, 6.07) is 0. The summed E-state index contributed by atoms with van der Waals surface area (Å²) in [6.07, 6.45) is 1.07. The van der Waals surface area contributed by atoms with Gasteiger partial charge in [-0.25, -0.2) is 14.4 Å².